The highest BCUT2D eigenvalue weighted by Gasteiger charge is 2.49. The number of nitrogens with zero attached hydrogens (tertiary/aromatic N) is 2. The second-order valence-corrected chi connectivity index (χ2v) is 9.22. The maximum atomic E-state index is 12.8. The van der Waals surface area contributed by atoms with Gasteiger partial charge in [-0.3, -0.25) is 9.59 Å². The number of anilines is 1. The van der Waals surface area contributed by atoms with E-state index < -0.39 is 11.4 Å². The number of carbonyl (C=O) groups excluding carboxylic acids is 1. The fraction of sp³-hybridized carbons (Fsp3) is 0.565. The summed E-state index contributed by atoms with van der Waals surface area (Å²) in [7, 11) is 0. The first-order chi connectivity index (χ1) is 16.0. The number of rotatable bonds is 8. The average molecular weight is 456 g/mol. The third-order valence-electron chi connectivity index (χ3n) is 6.87. The molecule has 10 heteroatoms. The first-order valence-electron chi connectivity index (χ1n) is 11.4. The predicted octanol–water partition coefficient (Wildman–Crippen LogP) is 2.22. The number of hydrogen-bond acceptors (Lipinski definition) is 8. The van der Waals surface area contributed by atoms with E-state index in [1.807, 2.05) is 6.07 Å². The first-order valence-corrected chi connectivity index (χ1v) is 11.4. The Kier molecular flexibility index (Phi) is 6.03. The highest BCUT2D eigenvalue weighted by molar-refractivity contribution is 5.78. The van der Waals surface area contributed by atoms with Gasteiger partial charge in [0.15, 0.2) is 5.76 Å². The minimum atomic E-state index is -0.847. The van der Waals surface area contributed by atoms with Crippen molar-refractivity contribution in [1.82, 2.24) is 15.3 Å². The molecule has 1 saturated carbocycles. The Balaban J connectivity index is 1.18. The molecule has 0 aromatic carbocycles. The quantitative estimate of drug-likeness (QED) is 0.546. The van der Waals surface area contributed by atoms with Crippen LogP contribution < -0.4 is 10.6 Å². The molecule has 4 atom stereocenters. The van der Waals surface area contributed by atoms with E-state index in [1.54, 1.807) is 24.6 Å². The van der Waals surface area contributed by atoms with Gasteiger partial charge < -0.3 is 29.6 Å². The molecule has 3 N–H and O–H groups in total. The molecule has 4 heterocycles. The van der Waals surface area contributed by atoms with E-state index in [9.17, 15) is 14.7 Å². The summed E-state index contributed by atoms with van der Waals surface area (Å²) in [5, 5.41) is 15.6. The summed E-state index contributed by atoms with van der Waals surface area (Å²) >= 11 is 0. The highest BCUT2D eigenvalue weighted by Crippen LogP contribution is 2.44. The molecule has 2 aromatic heterocycles. The third kappa shape index (κ3) is 4.72. The smallest absolute Gasteiger partial charge is 0.303 e. The number of aromatic nitrogens is 2. The molecule has 0 radical (unpaired) electrons. The zero-order chi connectivity index (χ0) is 22.8. The molecule has 3 fully saturated rings. The number of carboxylic acid groups (broad SMARTS) is 1. The van der Waals surface area contributed by atoms with E-state index in [2.05, 4.69) is 20.6 Å². The van der Waals surface area contributed by atoms with Gasteiger partial charge in [0, 0.05) is 12.6 Å². The summed E-state index contributed by atoms with van der Waals surface area (Å²) in [5.41, 5.74) is 0.235. The van der Waals surface area contributed by atoms with Crippen molar-refractivity contribution in [3.63, 3.8) is 0 Å². The number of ether oxygens (including phenoxy) is 2. The molecule has 5 rings (SSSR count). The number of carboxylic acids is 1. The van der Waals surface area contributed by atoms with Crippen LogP contribution in [0.2, 0.25) is 0 Å². The summed E-state index contributed by atoms with van der Waals surface area (Å²) in [6.45, 7) is 0.747. The lowest BCUT2D eigenvalue weighted by Crippen LogP contribution is -2.46. The van der Waals surface area contributed by atoms with E-state index in [-0.39, 0.29) is 43.0 Å². The average Bonchev–Trinajstić information content (AvgIpc) is 3.56. The zero-order valence-corrected chi connectivity index (χ0v) is 18.2. The van der Waals surface area contributed by atoms with Crippen molar-refractivity contribution in [1.29, 1.82) is 0 Å². The molecule has 3 aliphatic rings. The lowest BCUT2D eigenvalue weighted by molar-refractivity contribution is -0.140. The van der Waals surface area contributed by atoms with Gasteiger partial charge in [-0.1, -0.05) is 12.8 Å². The standard InChI is InChI=1S/C23H28N4O6/c28-18(10-23(11-19(29)30)6-1-2-7-23)25-15-12-32-21-16(13-33-20(15)21)27-22-24-8-5-14(26-22)17-4-3-9-31-17/h3-5,8-9,15-16,20-21H,1-2,6-7,10-13H2,(H,25,28)(H,29,30)(H,24,26,27)/t15-,16-,20+,21+/m0/s1. The first kappa shape index (κ1) is 21.8. The Labute approximate surface area is 191 Å². The number of nitrogens with one attached hydrogen (secondary N) is 2. The van der Waals surface area contributed by atoms with Crippen molar-refractivity contribution in [3.05, 3.63) is 30.7 Å². The van der Waals surface area contributed by atoms with Crippen LogP contribution in [0.15, 0.2) is 35.1 Å². The van der Waals surface area contributed by atoms with Gasteiger partial charge in [-0.2, -0.15) is 0 Å². The van der Waals surface area contributed by atoms with Crippen LogP contribution in [0.3, 0.4) is 0 Å². The predicted molar refractivity (Wildman–Crippen MR) is 116 cm³/mol. The van der Waals surface area contributed by atoms with Crippen LogP contribution in [0.4, 0.5) is 5.95 Å². The van der Waals surface area contributed by atoms with E-state index >= 15 is 0 Å². The molecule has 0 bridgehead atoms. The van der Waals surface area contributed by atoms with Crippen LogP contribution >= 0.6 is 0 Å². The van der Waals surface area contributed by atoms with Crippen molar-refractivity contribution in [2.24, 2.45) is 5.41 Å². The largest absolute Gasteiger partial charge is 0.481 e. The van der Waals surface area contributed by atoms with Crippen LogP contribution in [-0.4, -0.2) is 64.5 Å². The molecular weight excluding hydrogens is 428 g/mol. The van der Waals surface area contributed by atoms with E-state index in [1.165, 1.54) is 0 Å². The number of furan rings is 1. The molecule has 2 aliphatic heterocycles. The number of amides is 1. The van der Waals surface area contributed by atoms with Gasteiger partial charge in [0.2, 0.25) is 11.9 Å². The molecule has 1 amide bonds. The Hall–Kier alpha value is -2.98. The monoisotopic (exact) mass is 456 g/mol. The Morgan fingerprint density at radius 2 is 1.85 bits per heavy atom. The van der Waals surface area contributed by atoms with Crippen LogP contribution in [0, 0.1) is 5.41 Å². The van der Waals surface area contributed by atoms with Crippen LogP contribution in [-0.2, 0) is 19.1 Å². The fourth-order valence-corrected chi connectivity index (χ4v) is 5.36. The van der Waals surface area contributed by atoms with Crippen molar-refractivity contribution < 1.29 is 28.6 Å². The van der Waals surface area contributed by atoms with Crippen LogP contribution in [0.25, 0.3) is 11.5 Å². The minimum Gasteiger partial charge on any atom is -0.481 e. The van der Waals surface area contributed by atoms with Crippen LogP contribution in [0.1, 0.15) is 38.5 Å². The molecular formula is C23H28N4O6. The lowest BCUT2D eigenvalue weighted by Gasteiger charge is -2.27. The van der Waals surface area contributed by atoms with E-state index in [4.69, 9.17) is 13.9 Å². The summed E-state index contributed by atoms with van der Waals surface area (Å²) < 4.78 is 17.3. The summed E-state index contributed by atoms with van der Waals surface area (Å²) in [6, 6.07) is 4.99. The minimum absolute atomic E-state index is 0.0349. The van der Waals surface area contributed by atoms with Crippen LogP contribution in [0.5, 0.6) is 0 Å². The number of carbonyl (C=O) groups is 2. The van der Waals surface area contributed by atoms with E-state index in [0.717, 1.165) is 25.7 Å². The SMILES string of the molecule is O=C(O)CC1(CC(=O)N[C@H]2CO[C@H]3[C@@H]2OC[C@@H]3Nc2nccc(-c3ccco3)n2)CCCC1. The fourth-order valence-electron chi connectivity index (χ4n) is 5.36. The van der Waals surface area contributed by atoms with Crippen molar-refractivity contribution in [3.8, 4) is 11.5 Å². The van der Waals surface area contributed by atoms with Gasteiger partial charge in [-0.15, -0.1) is 0 Å². The molecule has 10 nitrogen and oxygen atoms in total. The molecule has 0 spiro atoms. The summed E-state index contributed by atoms with van der Waals surface area (Å²) in [6.07, 6.45) is 6.49. The topological polar surface area (TPSA) is 136 Å². The van der Waals surface area contributed by atoms with Gasteiger partial charge >= 0.3 is 5.97 Å². The summed E-state index contributed by atoms with van der Waals surface area (Å²) in [4.78, 5) is 32.9. The zero-order valence-electron chi connectivity index (χ0n) is 18.2. The second-order valence-electron chi connectivity index (χ2n) is 9.22. The van der Waals surface area contributed by atoms with E-state index in [0.29, 0.717) is 30.6 Å². The summed E-state index contributed by atoms with van der Waals surface area (Å²) in [5.74, 6) is 0.122. The molecule has 2 aromatic rings. The Bertz CT molecular complexity index is 991. The number of aliphatic carboxylic acids is 1. The van der Waals surface area contributed by atoms with Gasteiger partial charge in [-0.05, 0) is 36.5 Å². The van der Waals surface area contributed by atoms with Gasteiger partial charge in [0.1, 0.15) is 17.9 Å². The normalized spacial score (nSPS) is 27.9. The number of hydrogen-bond donors (Lipinski definition) is 3. The number of fused-ring (bicyclic) bond motifs is 1. The van der Waals surface area contributed by atoms with Gasteiger partial charge in [-0.25, -0.2) is 9.97 Å². The second kappa shape index (κ2) is 9.11. The molecule has 33 heavy (non-hydrogen) atoms. The van der Waals surface area contributed by atoms with Crippen molar-refractivity contribution in [2.75, 3.05) is 18.5 Å². The molecule has 2 saturated heterocycles. The molecule has 1 aliphatic carbocycles. The van der Waals surface area contributed by atoms with Gasteiger partial charge in [0.25, 0.3) is 0 Å². The molecule has 0 unspecified atom stereocenters. The highest BCUT2D eigenvalue weighted by atomic mass is 16.6. The molecule has 176 valence electrons. The maximum absolute atomic E-state index is 12.8. The Morgan fingerprint density at radius 3 is 2.58 bits per heavy atom. The third-order valence-corrected chi connectivity index (χ3v) is 6.87. The van der Waals surface area contributed by atoms with Crippen molar-refractivity contribution >= 4 is 17.8 Å². The van der Waals surface area contributed by atoms with Gasteiger partial charge in [0.05, 0.1) is 38.0 Å². The Morgan fingerprint density at radius 1 is 1.09 bits per heavy atom. The maximum Gasteiger partial charge on any atom is 0.303 e. The lowest BCUT2D eigenvalue weighted by atomic mass is 9.79. The van der Waals surface area contributed by atoms with Crippen molar-refractivity contribution in [2.45, 2.75) is 62.8 Å².